The fourth-order valence-corrected chi connectivity index (χ4v) is 5.04. The Morgan fingerprint density at radius 1 is 1.29 bits per heavy atom. The molecule has 0 saturated carbocycles. The molecule has 1 saturated heterocycles. The third-order valence-electron chi connectivity index (χ3n) is 4.84. The number of benzene rings is 1. The number of fused-ring (bicyclic) bond motifs is 1. The summed E-state index contributed by atoms with van der Waals surface area (Å²) >= 11 is 0. The van der Waals surface area contributed by atoms with E-state index in [2.05, 4.69) is 20.3 Å². The number of sulfone groups is 1. The number of nitrogens with zero attached hydrogens (tertiary/aromatic N) is 2. The molecule has 2 atom stereocenters. The normalized spacial score (nSPS) is 21.5. The standard InChI is InChI=1S/C18H20N6O3S/c19-11-5-6-28(26,27)9-14(11)23-15-8-21-17(18(20)25)16(24-15)13-7-10-3-1-2-4-12(10)22-13/h1-4,7-8,11,14,22H,5-6,9,19H2,(H2,20,25)(H,23,24)/t11-,14?/m0/s1. The van der Waals surface area contributed by atoms with Gasteiger partial charge in [-0.15, -0.1) is 0 Å². The molecular weight excluding hydrogens is 380 g/mol. The Morgan fingerprint density at radius 3 is 2.82 bits per heavy atom. The van der Waals surface area contributed by atoms with E-state index in [0.29, 0.717) is 23.6 Å². The molecule has 28 heavy (non-hydrogen) atoms. The van der Waals surface area contributed by atoms with Gasteiger partial charge in [-0.25, -0.2) is 18.4 Å². The Kier molecular flexibility index (Phi) is 4.52. The van der Waals surface area contributed by atoms with Crippen LogP contribution in [0.15, 0.2) is 36.5 Å². The maximum atomic E-state index is 11.9. The van der Waals surface area contributed by atoms with Crippen molar-refractivity contribution in [3.05, 3.63) is 42.2 Å². The van der Waals surface area contributed by atoms with Gasteiger partial charge in [0.05, 0.1) is 29.4 Å². The number of carbonyl (C=O) groups excluding carboxylic acids is 1. The second kappa shape index (κ2) is 6.88. The third-order valence-corrected chi connectivity index (χ3v) is 6.56. The van der Waals surface area contributed by atoms with Crippen LogP contribution in [0.4, 0.5) is 5.82 Å². The fourth-order valence-electron chi connectivity index (χ4n) is 3.36. The van der Waals surface area contributed by atoms with Crippen molar-refractivity contribution >= 4 is 32.5 Å². The van der Waals surface area contributed by atoms with E-state index in [1.165, 1.54) is 6.20 Å². The van der Waals surface area contributed by atoms with Gasteiger partial charge in [-0.3, -0.25) is 4.79 Å². The van der Waals surface area contributed by atoms with Crippen molar-refractivity contribution in [1.29, 1.82) is 0 Å². The highest BCUT2D eigenvalue weighted by molar-refractivity contribution is 7.91. The molecule has 1 aliphatic rings. The van der Waals surface area contributed by atoms with Crippen LogP contribution < -0.4 is 16.8 Å². The van der Waals surface area contributed by atoms with Gasteiger partial charge in [0, 0.05) is 16.9 Å². The molecule has 0 radical (unpaired) electrons. The van der Waals surface area contributed by atoms with E-state index in [-0.39, 0.29) is 23.2 Å². The number of hydrogen-bond acceptors (Lipinski definition) is 7. The van der Waals surface area contributed by atoms with E-state index in [9.17, 15) is 13.2 Å². The van der Waals surface area contributed by atoms with E-state index in [4.69, 9.17) is 11.5 Å². The lowest BCUT2D eigenvalue weighted by Gasteiger charge is -2.29. The van der Waals surface area contributed by atoms with Crippen molar-refractivity contribution in [2.45, 2.75) is 18.5 Å². The van der Waals surface area contributed by atoms with Gasteiger partial charge in [0.1, 0.15) is 11.5 Å². The average molecular weight is 400 g/mol. The van der Waals surface area contributed by atoms with Crippen LogP contribution in [0.1, 0.15) is 16.9 Å². The second-order valence-electron chi connectivity index (χ2n) is 6.90. The predicted molar refractivity (Wildman–Crippen MR) is 106 cm³/mol. The summed E-state index contributed by atoms with van der Waals surface area (Å²) in [5.41, 5.74) is 13.3. The molecule has 0 spiro atoms. The summed E-state index contributed by atoms with van der Waals surface area (Å²) in [5.74, 6) is -0.366. The van der Waals surface area contributed by atoms with Crippen LogP contribution in [0.5, 0.6) is 0 Å². The number of carbonyl (C=O) groups is 1. The Hall–Kier alpha value is -2.98. The lowest BCUT2D eigenvalue weighted by Crippen LogP contribution is -2.50. The average Bonchev–Trinajstić information content (AvgIpc) is 3.08. The number of aromatic nitrogens is 3. The molecule has 1 fully saturated rings. The van der Waals surface area contributed by atoms with Gasteiger partial charge in [0.25, 0.3) is 5.91 Å². The van der Waals surface area contributed by atoms with Crippen LogP contribution >= 0.6 is 0 Å². The van der Waals surface area contributed by atoms with Gasteiger partial charge >= 0.3 is 0 Å². The highest BCUT2D eigenvalue weighted by Crippen LogP contribution is 2.26. The molecule has 4 rings (SSSR count). The predicted octanol–water partition coefficient (Wildman–Crippen LogP) is 0.650. The molecule has 0 bridgehead atoms. The summed E-state index contributed by atoms with van der Waals surface area (Å²) in [6.07, 6.45) is 1.74. The van der Waals surface area contributed by atoms with E-state index >= 15 is 0 Å². The lowest BCUT2D eigenvalue weighted by atomic mass is 10.1. The van der Waals surface area contributed by atoms with E-state index < -0.39 is 21.8 Å². The zero-order valence-corrected chi connectivity index (χ0v) is 15.7. The van der Waals surface area contributed by atoms with Crippen molar-refractivity contribution in [2.24, 2.45) is 11.5 Å². The van der Waals surface area contributed by atoms with Crippen LogP contribution in [0, 0.1) is 0 Å². The van der Waals surface area contributed by atoms with Crippen molar-refractivity contribution in [3.63, 3.8) is 0 Å². The topological polar surface area (TPSA) is 157 Å². The molecule has 0 aliphatic carbocycles. The third kappa shape index (κ3) is 3.56. The minimum absolute atomic E-state index is 0.0256. The van der Waals surface area contributed by atoms with Crippen molar-refractivity contribution in [3.8, 4) is 11.4 Å². The number of hydrogen-bond donors (Lipinski definition) is 4. The number of aromatic amines is 1. The highest BCUT2D eigenvalue weighted by Gasteiger charge is 2.31. The summed E-state index contributed by atoms with van der Waals surface area (Å²) < 4.78 is 23.9. The SMILES string of the molecule is NC(=O)c1ncc(NC2CS(=O)(=O)CC[C@@H]2N)nc1-c1cc2ccccc2[nH]1. The first-order valence-corrected chi connectivity index (χ1v) is 10.6. The molecule has 9 nitrogen and oxygen atoms in total. The lowest BCUT2D eigenvalue weighted by molar-refractivity contribution is 0.0996. The van der Waals surface area contributed by atoms with Crippen LogP contribution in [-0.4, -0.2) is 52.9 Å². The largest absolute Gasteiger partial charge is 0.364 e. The highest BCUT2D eigenvalue weighted by atomic mass is 32.2. The molecule has 10 heteroatoms. The number of nitrogens with one attached hydrogen (secondary N) is 2. The van der Waals surface area contributed by atoms with Crippen LogP contribution in [0.2, 0.25) is 0 Å². The summed E-state index contributed by atoms with van der Waals surface area (Å²) in [6.45, 7) is 0. The number of para-hydroxylation sites is 1. The monoisotopic (exact) mass is 400 g/mol. The number of rotatable bonds is 4. The Labute approximate surface area is 161 Å². The minimum atomic E-state index is -3.16. The van der Waals surface area contributed by atoms with Crippen molar-refractivity contribution < 1.29 is 13.2 Å². The Morgan fingerprint density at radius 2 is 2.07 bits per heavy atom. The van der Waals surface area contributed by atoms with Crippen molar-refractivity contribution in [2.75, 3.05) is 16.8 Å². The number of primary amides is 1. The summed E-state index contributed by atoms with van der Waals surface area (Å²) in [5, 5.41) is 4.00. The van der Waals surface area contributed by atoms with Gasteiger partial charge in [0.15, 0.2) is 15.5 Å². The second-order valence-corrected chi connectivity index (χ2v) is 9.13. The van der Waals surface area contributed by atoms with E-state index in [1.807, 2.05) is 30.3 Å². The molecule has 3 heterocycles. The first-order valence-electron chi connectivity index (χ1n) is 8.80. The number of amides is 1. The van der Waals surface area contributed by atoms with Gasteiger partial charge in [0.2, 0.25) is 0 Å². The molecule has 1 unspecified atom stereocenters. The first-order chi connectivity index (χ1) is 13.3. The fraction of sp³-hybridized carbons (Fsp3) is 0.278. The number of nitrogens with two attached hydrogens (primary N) is 2. The van der Waals surface area contributed by atoms with E-state index in [1.54, 1.807) is 0 Å². The zero-order valence-electron chi connectivity index (χ0n) is 14.9. The molecule has 1 amide bonds. The van der Waals surface area contributed by atoms with Gasteiger partial charge in [-0.1, -0.05) is 18.2 Å². The minimum Gasteiger partial charge on any atom is -0.364 e. The first kappa shape index (κ1) is 18.4. The molecule has 2 aromatic heterocycles. The molecule has 146 valence electrons. The Bertz CT molecular complexity index is 1120. The molecule has 1 aliphatic heterocycles. The van der Waals surface area contributed by atoms with Crippen LogP contribution in [0.25, 0.3) is 22.3 Å². The van der Waals surface area contributed by atoms with Crippen LogP contribution in [0.3, 0.4) is 0 Å². The summed E-state index contributed by atoms with van der Waals surface area (Å²) in [4.78, 5) is 23.7. The summed E-state index contributed by atoms with van der Waals surface area (Å²) in [6, 6.07) is 8.69. The van der Waals surface area contributed by atoms with Gasteiger partial charge in [-0.2, -0.15) is 0 Å². The maximum Gasteiger partial charge on any atom is 0.269 e. The zero-order chi connectivity index (χ0) is 19.9. The maximum absolute atomic E-state index is 11.9. The van der Waals surface area contributed by atoms with E-state index in [0.717, 1.165) is 10.9 Å². The summed E-state index contributed by atoms with van der Waals surface area (Å²) in [7, 11) is -3.16. The molecule has 6 N–H and O–H groups in total. The van der Waals surface area contributed by atoms with Gasteiger partial charge in [-0.05, 0) is 18.6 Å². The smallest absolute Gasteiger partial charge is 0.269 e. The molecule has 3 aromatic rings. The van der Waals surface area contributed by atoms with Crippen molar-refractivity contribution in [1.82, 2.24) is 15.0 Å². The quantitative estimate of drug-likeness (QED) is 0.501. The molecular formula is C18H20N6O3S. The number of anilines is 1. The Balaban J connectivity index is 1.72. The van der Waals surface area contributed by atoms with Gasteiger partial charge < -0.3 is 21.8 Å². The molecule has 1 aromatic carbocycles. The number of H-pyrrole nitrogens is 1. The van der Waals surface area contributed by atoms with Crippen LogP contribution in [-0.2, 0) is 9.84 Å².